The Morgan fingerprint density at radius 3 is 2.26 bits per heavy atom. The second-order valence-corrected chi connectivity index (χ2v) is 9.60. The predicted molar refractivity (Wildman–Crippen MR) is 152 cm³/mol. The second kappa shape index (κ2) is 12.5. The van der Waals surface area contributed by atoms with E-state index in [0.29, 0.717) is 18.1 Å². The standard InChI is InChI=1S/C30H32N2O5S/c1-5-32(6-2)23-11-7-22(8-12-23)26-19-38-29(31-26)17-36-28-15-20(3)27(37-18-30(33)34)16-25(28)21-9-13-24(35-4)14-10-21/h7-16,19H,5-6,17-18H2,1-4H3,(H,33,34). The highest BCUT2D eigenvalue weighted by molar-refractivity contribution is 7.09. The van der Waals surface area contributed by atoms with Crippen molar-refractivity contribution in [2.75, 3.05) is 31.7 Å². The van der Waals surface area contributed by atoms with E-state index < -0.39 is 12.6 Å². The van der Waals surface area contributed by atoms with Crippen LogP contribution in [-0.2, 0) is 11.4 Å². The van der Waals surface area contributed by atoms with Crippen LogP contribution < -0.4 is 19.1 Å². The van der Waals surface area contributed by atoms with Crippen molar-refractivity contribution in [3.63, 3.8) is 0 Å². The average molecular weight is 533 g/mol. The molecule has 8 heteroatoms. The third kappa shape index (κ3) is 6.44. The highest BCUT2D eigenvalue weighted by atomic mass is 32.1. The summed E-state index contributed by atoms with van der Waals surface area (Å²) in [5, 5.41) is 12.0. The Morgan fingerprint density at radius 1 is 0.947 bits per heavy atom. The van der Waals surface area contributed by atoms with E-state index in [1.54, 1.807) is 18.4 Å². The van der Waals surface area contributed by atoms with Crippen molar-refractivity contribution in [3.05, 3.63) is 76.6 Å². The molecule has 0 saturated carbocycles. The molecular weight excluding hydrogens is 500 g/mol. The first-order chi connectivity index (χ1) is 18.4. The van der Waals surface area contributed by atoms with Crippen molar-refractivity contribution >= 4 is 23.0 Å². The van der Waals surface area contributed by atoms with Crippen molar-refractivity contribution in [3.8, 4) is 39.6 Å². The molecule has 198 valence electrons. The largest absolute Gasteiger partial charge is 0.497 e. The van der Waals surface area contributed by atoms with Crippen LogP contribution in [0.1, 0.15) is 24.4 Å². The van der Waals surface area contributed by atoms with Crippen LogP contribution >= 0.6 is 11.3 Å². The number of benzene rings is 3. The summed E-state index contributed by atoms with van der Waals surface area (Å²) in [7, 11) is 1.62. The first kappa shape index (κ1) is 27.0. The summed E-state index contributed by atoms with van der Waals surface area (Å²) >= 11 is 1.56. The minimum atomic E-state index is -1.03. The molecule has 7 nitrogen and oxygen atoms in total. The average Bonchev–Trinajstić information content (AvgIpc) is 3.41. The van der Waals surface area contributed by atoms with Gasteiger partial charge in [0.05, 0.1) is 12.8 Å². The minimum Gasteiger partial charge on any atom is -0.497 e. The summed E-state index contributed by atoms with van der Waals surface area (Å²) in [6.07, 6.45) is 0. The van der Waals surface area contributed by atoms with Crippen LogP contribution in [0.25, 0.3) is 22.4 Å². The van der Waals surface area contributed by atoms with E-state index in [4.69, 9.17) is 24.3 Å². The molecule has 0 radical (unpaired) electrons. The molecule has 1 N–H and O–H groups in total. The molecule has 0 aliphatic rings. The number of thiazole rings is 1. The first-order valence-corrected chi connectivity index (χ1v) is 13.4. The predicted octanol–water partition coefficient (Wildman–Crippen LogP) is 6.68. The third-order valence-electron chi connectivity index (χ3n) is 6.22. The van der Waals surface area contributed by atoms with Crippen molar-refractivity contribution in [2.45, 2.75) is 27.4 Å². The summed E-state index contributed by atoms with van der Waals surface area (Å²) < 4.78 is 17.1. The fourth-order valence-electron chi connectivity index (χ4n) is 4.15. The van der Waals surface area contributed by atoms with Crippen LogP contribution in [-0.4, -0.2) is 42.9 Å². The molecule has 0 bridgehead atoms. The Morgan fingerprint density at radius 2 is 1.63 bits per heavy atom. The lowest BCUT2D eigenvalue weighted by atomic mass is 10.0. The third-order valence-corrected chi connectivity index (χ3v) is 7.05. The Kier molecular flexibility index (Phi) is 8.86. The number of hydrogen-bond donors (Lipinski definition) is 1. The van der Waals surface area contributed by atoms with E-state index in [-0.39, 0.29) is 0 Å². The van der Waals surface area contributed by atoms with Crippen LogP contribution in [0.5, 0.6) is 17.2 Å². The van der Waals surface area contributed by atoms with Crippen molar-refractivity contribution in [1.82, 2.24) is 4.98 Å². The smallest absolute Gasteiger partial charge is 0.341 e. The Balaban J connectivity index is 1.55. The lowest BCUT2D eigenvalue weighted by molar-refractivity contribution is -0.139. The van der Waals surface area contributed by atoms with Gasteiger partial charge in [0.15, 0.2) is 6.61 Å². The molecule has 0 aliphatic heterocycles. The Bertz CT molecular complexity index is 1360. The number of methoxy groups -OCH3 is 1. The molecule has 4 rings (SSSR count). The molecule has 1 heterocycles. The van der Waals surface area contributed by atoms with Gasteiger partial charge >= 0.3 is 5.97 Å². The van der Waals surface area contributed by atoms with Gasteiger partial charge < -0.3 is 24.2 Å². The van der Waals surface area contributed by atoms with Gasteiger partial charge in [0.1, 0.15) is 28.9 Å². The zero-order chi connectivity index (χ0) is 27.1. The van der Waals surface area contributed by atoms with E-state index in [2.05, 4.69) is 43.0 Å². The van der Waals surface area contributed by atoms with E-state index in [9.17, 15) is 4.79 Å². The molecule has 0 fully saturated rings. The zero-order valence-corrected chi connectivity index (χ0v) is 22.9. The molecule has 0 aliphatic carbocycles. The minimum absolute atomic E-state index is 0.306. The van der Waals surface area contributed by atoms with E-state index in [0.717, 1.165) is 51.8 Å². The molecular formula is C30H32N2O5S. The maximum absolute atomic E-state index is 11.0. The molecule has 38 heavy (non-hydrogen) atoms. The second-order valence-electron chi connectivity index (χ2n) is 8.66. The van der Waals surface area contributed by atoms with Crippen molar-refractivity contribution < 1.29 is 24.1 Å². The molecule has 0 unspecified atom stereocenters. The van der Waals surface area contributed by atoms with E-state index in [1.807, 2.05) is 48.7 Å². The highest BCUT2D eigenvalue weighted by Gasteiger charge is 2.15. The molecule has 4 aromatic rings. The lowest BCUT2D eigenvalue weighted by Crippen LogP contribution is -2.21. The highest BCUT2D eigenvalue weighted by Crippen LogP contribution is 2.37. The van der Waals surface area contributed by atoms with E-state index in [1.165, 1.54) is 5.69 Å². The van der Waals surface area contributed by atoms with Crippen LogP contribution in [0.2, 0.25) is 0 Å². The first-order valence-electron chi connectivity index (χ1n) is 12.5. The van der Waals surface area contributed by atoms with Crippen LogP contribution in [0, 0.1) is 6.92 Å². The molecule has 1 aromatic heterocycles. The van der Waals surface area contributed by atoms with Gasteiger partial charge in [-0.05, 0) is 68.3 Å². The van der Waals surface area contributed by atoms with Gasteiger partial charge in [0.2, 0.25) is 0 Å². The summed E-state index contributed by atoms with van der Waals surface area (Å²) in [5.41, 5.74) is 5.67. The molecule has 0 saturated heterocycles. The number of ether oxygens (including phenoxy) is 3. The van der Waals surface area contributed by atoms with Gasteiger partial charge in [0, 0.05) is 35.3 Å². The number of carboxylic acids is 1. The van der Waals surface area contributed by atoms with Crippen molar-refractivity contribution in [1.29, 1.82) is 0 Å². The number of carboxylic acid groups (broad SMARTS) is 1. The fourth-order valence-corrected chi connectivity index (χ4v) is 4.87. The van der Waals surface area contributed by atoms with Crippen LogP contribution in [0.4, 0.5) is 5.69 Å². The van der Waals surface area contributed by atoms with Gasteiger partial charge in [-0.1, -0.05) is 24.3 Å². The fraction of sp³-hybridized carbons (Fsp3) is 0.267. The molecule has 0 spiro atoms. The Hall–Kier alpha value is -4.04. The summed E-state index contributed by atoms with van der Waals surface area (Å²) in [6, 6.07) is 19.8. The summed E-state index contributed by atoms with van der Waals surface area (Å²) in [6.45, 7) is 8.01. The SMILES string of the molecule is CCN(CC)c1ccc(-c2csc(COc3cc(C)c(OCC(=O)O)cc3-c3ccc(OC)cc3)n2)cc1. The van der Waals surface area contributed by atoms with Gasteiger partial charge in [-0.2, -0.15) is 0 Å². The Labute approximate surface area is 227 Å². The number of aliphatic carboxylic acids is 1. The molecule has 0 atom stereocenters. The van der Waals surface area contributed by atoms with Crippen LogP contribution in [0.15, 0.2) is 66.0 Å². The normalized spacial score (nSPS) is 10.7. The number of anilines is 1. The topological polar surface area (TPSA) is 81.1 Å². The quantitative estimate of drug-likeness (QED) is 0.218. The summed E-state index contributed by atoms with van der Waals surface area (Å²) in [4.78, 5) is 18.2. The lowest BCUT2D eigenvalue weighted by Gasteiger charge is -2.20. The number of aryl methyl sites for hydroxylation is 1. The molecule has 0 amide bonds. The maximum atomic E-state index is 11.0. The zero-order valence-electron chi connectivity index (χ0n) is 22.1. The van der Waals surface area contributed by atoms with Crippen molar-refractivity contribution in [2.24, 2.45) is 0 Å². The number of aromatic nitrogens is 1. The number of carbonyl (C=O) groups is 1. The molecule has 3 aromatic carbocycles. The maximum Gasteiger partial charge on any atom is 0.341 e. The van der Waals surface area contributed by atoms with Gasteiger partial charge in [-0.15, -0.1) is 11.3 Å². The summed E-state index contributed by atoms with van der Waals surface area (Å²) in [5.74, 6) is 0.870. The van der Waals surface area contributed by atoms with Gasteiger partial charge in [-0.25, -0.2) is 9.78 Å². The van der Waals surface area contributed by atoms with E-state index >= 15 is 0 Å². The monoisotopic (exact) mass is 532 g/mol. The van der Waals surface area contributed by atoms with Gasteiger partial charge in [0.25, 0.3) is 0 Å². The van der Waals surface area contributed by atoms with Gasteiger partial charge in [-0.3, -0.25) is 0 Å². The number of nitrogens with zero attached hydrogens (tertiary/aromatic N) is 2. The number of hydrogen-bond acceptors (Lipinski definition) is 7. The number of rotatable bonds is 12. The van der Waals surface area contributed by atoms with Crippen LogP contribution in [0.3, 0.4) is 0 Å².